The van der Waals surface area contributed by atoms with Gasteiger partial charge in [-0.2, -0.15) is 17.6 Å². The number of hydrogen-bond donors (Lipinski definition) is 0. The molecule has 1 aromatic heterocycles. The number of hydrogen-bond acceptors (Lipinski definition) is 3. The number of fused-ring (bicyclic) bond motifs is 1. The molecule has 0 spiro atoms. The number of benzene rings is 4. The third-order valence-electron chi connectivity index (χ3n) is 5.69. The van der Waals surface area contributed by atoms with Crippen molar-refractivity contribution in [1.82, 2.24) is 9.19 Å². The average Bonchev–Trinajstić information content (AvgIpc) is 3.17. The number of halogens is 1. The number of nitrogens with zero attached hydrogens (tertiary/aromatic N) is 2. The maximum absolute atomic E-state index is 13.8. The minimum atomic E-state index is -4.02. The quantitative estimate of drug-likeness (QED) is 0.286. The van der Waals surface area contributed by atoms with E-state index in [9.17, 15) is 8.42 Å². The molecule has 1 heterocycles. The third kappa shape index (κ3) is 3.84. The lowest BCUT2D eigenvalue weighted by atomic mass is 10.1. The van der Waals surface area contributed by atoms with Crippen molar-refractivity contribution in [1.29, 1.82) is 0 Å². The van der Waals surface area contributed by atoms with Crippen LogP contribution in [0.5, 0.6) is 0 Å². The maximum atomic E-state index is 13.8. The second-order valence-corrected chi connectivity index (χ2v) is 10.2. The fourth-order valence-corrected chi connectivity index (χ4v) is 5.55. The molecule has 6 heteroatoms. The van der Waals surface area contributed by atoms with Crippen molar-refractivity contribution >= 4 is 32.4 Å². The molecule has 0 radical (unpaired) electrons. The minimum absolute atomic E-state index is 0.157. The Balaban J connectivity index is 1.76. The first-order chi connectivity index (χ1) is 15.8. The summed E-state index contributed by atoms with van der Waals surface area (Å²) in [5, 5.41) is 6.64. The lowest BCUT2D eigenvalue weighted by Gasteiger charge is -2.10. The molecule has 0 amide bonds. The van der Waals surface area contributed by atoms with E-state index in [1.807, 2.05) is 86.6 Å². The van der Waals surface area contributed by atoms with Crippen LogP contribution in [0.25, 0.3) is 33.3 Å². The van der Waals surface area contributed by atoms with Gasteiger partial charge in [0.25, 0.3) is 10.0 Å². The molecule has 33 heavy (non-hydrogen) atoms. The van der Waals surface area contributed by atoms with Crippen LogP contribution in [0.4, 0.5) is 0 Å². The summed E-state index contributed by atoms with van der Waals surface area (Å²) < 4.78 is 28.7. The molecule has 0 saturated carbocycles. The topological polar surface area (TPSA) is 52.0 Å². The van der Waals surface area contributed by atoms with Crippen molar-refractivity contribution in [2.24, 2.45) is 0 Å². The molecular weight excluding hydrogens is 452 g/mol. The highest BCUT2D eigenvalue weighted by Gasteiger charge is 2.28. The van der Waals surface area contributed by atoms with E-state index in [0.29, 0.717) is 22.0 Å². The zero-order chi connectivity index (χ0) is 23.2. The van der Waals surface area contributed by atoms with Gasteiger partial charge in [-0.15, -0.1) is 0 Å². The van der Waals surface area contributed by atoms with E-state index in [1.54, 1.807) is 18.2 Å². The van der Waals surface area contributed by atoms with E-state index in [0.717, 1.165) is 31.5 Å². The zero-order valence-corrected chi connectivity index (χ0v) is 19.7. The van der Waals surface area contributed by atoms with Crippen molar-refractivity contribution < 1.29 is 8.42 Å². The summed E-state index contributed by atoms with van der Waals surface area (Å²) in [6.45, 7) is 3.97. The molecule has 5 aromatic rings. The second kappa shape index (κ2) is 8.18. The van der Waals surface area contributed by atoms with Gasteiger partial charge in [-0.1, -0.05) is 102 Å². The van der Waals surface area contributed by atoms with Gasteiger partial charge in [0.1, 0.15) is 11.4 Å². The molecule has 0 bridgehead atoms. The van der Waals surface area contributed by atoms with E-state index < -0.39 is 10.0 Å². The Hall–Kier alpha value is -3.41. The van der Waals surface area contributed by atoms with Gasteiger partial charge in [0.05, 0.1) is 9.92 Å². The van der Waals surface area contributed by atoms with E-state index in [-0.39, 0.29) is 4.90 Å². The summed E-state index contributed by atoms with van der Waals surface area (Å²) in [6, 6.07) is 28.0. The molecule has 0 atom stereocenters. The van der Waals surface area contributed by atoms with Crippen LogP contribution in [0.3, 0.4) is 0 Å². The summed E-state index contributed by atoms with van der Waals surface area (Å²) >= 11 is 6.82. The van der Waals surface area contributed by atoms with Gasteiger partial charge in [-0.05, 0) is 36.8 Å². The summed E-state index contributed by atoms with van der Waals surface area (Å²) in [4.78, 5) is 0.157. The molecule has 164 valence electrons. The highest BCUT2D eigenvalue weighted by Crippen LogP contribution is 2.38. The predicted octanol–water partition coefficient (Wildman–Crippen LogP) is 6.88. The van der Waals surface area contributed by atoms with Gasteiger partial charge >= 0.3 is 0 Å². The van der Waals surface area contributed by atoms with E-state index >= 15 is 0 Å². The number of rotatable bonds is 4. The largest absolute Gasteiger partial charge is 0.283 e. The molecule has 5 rings (SSSR count). The Morgan fingerprint density at radius 1 is 0.727 bits per heavy atom. The zero-order valence-electron chi connectivity index (χ0n) is 18.2. The Bertz CT molecular complexity index is 1590. The van der Waals surface area contributed by atoms with Gasteiger partial charge < -0.3 is 0 Å². The molecule has 0 aliphatic rings. The number of aromatic nitrogens is 2. The maximum Gasteiger partial charge on any atom is 0.283 e. The Labute approximate surface area is 198 Å². The molecule has 4 nitrogen and oxygen atoms in total. The van der Waals surface area contributed by atoms with Crippen molar-refractivity contribution in [3.63, 3.8) is 0 Å². The molecule has 4 aromatic carbocycles. The highest BCUT2D eigenvalue weighted by molar-refractivity contribution is 7.90. The van der Waals surface area contributed by atoms with Gasteiger partial charge in [0.2, 0.25) is 0 Å². The summed E-state index contributed by atoms with van der Waals surface area (Å²) in [6.07, 6.45) is 0. The fourth-order valence-electron chi connectivity index (χ4n) is 3.83. The monoisotopic (exact) mass is 472 g/mol. The Kier molecular flexibility index (Phi) is 5.31. The van der Waals surface area contributed by atoms with Crippen LogP contribution in [0.2, 0.25) is 5.02 Å². The van der Waals surface area contributed by atoms with Crippen LogP contribution in [-0.4, -0.2) is 17.6 Å². The van der Waals surface area contributed by atoms with Gasteiger partial charge in [0, 0.05) is 11.1 Å². The first kappa shape index (κ1) is 21.4. The SMILES string of the molecule is Cc1ccc(-c2nn(S(=O)(=O)c3ccc4ccccc4c3)c(-c3ccc(C)cc3)c2Cl)cc1. The van der Waals surface area contributed by atoms with Gasteiger partial charge in [-0.3, -0.25) is 0 Å². The average molecular weight is 473 g/mol. The summed E-state index contributed by atoms with van der Waals surface area (Å²) in [5.74, 6) is 0. The van der Waals surface area contributed by atoms with Crippen LogP contribution in [-0.2, 0) is 10.0 Å². The fraction of sp³-hybridized carbons (Fsp3) is 0.0741. The van der Waals surface area contributed by atoms with Gasteiger partial charge in [0.15, 0.2) is 0 Å². The lowest BCUT2D eigenvalue weighted by Crippen LogP contribution is -2.16. The van der Waals surface area contributed by atoms with Crippen molar-refractivity contribution in [2.75, 3.05) is 0 Å². The standard InChI is InChI=1S/C27H21ClN2O2S/c1-18-7-11-21(12-8-18)26-25(28)27(22-13-9-19(2)10-14-22)30(29-26)33(31,32)24-16-15-20-5-3-4-6-23(20)17-24/h3-17H,1-2H3. The first-order valence-electron chi connectivity index (χ1n) is 10.5. The first-order valence-corrected chi connectivity index (χ1v) is 12.3. The summed E-state index contributed by atoms with van der Waals surface area (Å²) in [5.41, 5.74) is 4.37. The molecular formula is C27H21ClN2O2S. The normalized spacial score (nSPS) is 11.7. The molecule has 0 fully saturated rings. The van der Waals surface area contributed by atoms with E-state index in [4.69, 9.17) is 11.6 Å². The third-order valence-corrected chi connectivity index (χ3v) is 7.62. The van der Waals surface area contributed by atoms with Crippen molar-refractivity contribution in [3.05, 3.63) is 107 Å². The predicted molar refractivity (Wildman–Crippen MR) is 134 cm³/mol. The number of aryl methyl sites for hydroxylation is 2. The minimum Gasteiger partial charge on any atom is -0.199 e. The van der Waals surface area contributed by atoms with Crippen LogP contribution >= 0.6 is 11.6 Å². The van der Waals surface area contributed by atoms with E-state index in [1.165, 1.54) is 0 Å². The van der Waals surface area contributed by atoms with E-state index in [2.05, 4.69) is 5.10 Å². The summed E-state index contributed by atoms with van der Waals surface area (Å²) in [7, 11) is -4.02. The smallest absolute Gasteiger partial charge is 0.199 e. The van der Waals surface area contributed by atoms with Crippen molar-refractivity contribution in [2.45, 2.75) is 18.7 Å². The highest BCUT2D eigenvalue weighted by atomic mass is 35.5. The van der Waals surface area contributed by atoms with Crippen LogP contribution < -0.4 is 0 Å². The molecule has 0 aliphatic heterocycles. The lowest BCUT2D eigenvalue weighted by molar-refractivity contribution is 0.581. The van der Waals surface area contributed by atoms with Crippen LogP contribution in [0.1, 0.15) is 11.1 Å². The Morgan fingerprint density at radius 2 is 1.30 bits per heavy atom. The van der Waals surface area contributed by atoms with Crippen LogP contribution in [0, 0.1) is 13.8 Å². The molecule has 0 aliphatic carbocycles. The van der Waals surface area contributed by atoms with Crippen LogP contribution in [0.15, 0.2) is 95.9 Å². The second-order valence-electron chi connectivity index (χ2n) is 8.10. The Morgan fingerprint density at radius 3 is 1.94 bits per heavy atom. The van der Waals surface area contributed by atoms with Gasteiger partial charge in [-0.25, -0.2) is 0 Å². The molecule has 0 unspecified atom stereocenters. The van der Waals surface area contributed by atoms with Crippen molar-refractivity contribution in [3.8, 4) is 22.5 Å². The molecule has 0 saturated heterocycles. The molecule has 0 N–H and O–H groups in total.